The summed E-state index contributed by atoms with van der Waals surface area (Å²) < 4.78 is 10.4. The van der Waals surface area contributed by atoms with Crippen molar-refractivity contribution in [2.45, 2.75) is 55.8 Å². The van der Waals surface area contributed by atoms with E-state index in [0.717, 1.165) is 0 Å². The van der Waals surface area contributed by atoms with Crippen molar-refractivity contribution in [3.63, 3.8) is 0 Å². The number of carbonyl (C=O) groups is 2. The SMILES string of the molecule is CCC(Br)C(=O)OCC(C)(C)OC(=O)C(Br)CC. The normalized spacial score (nSPS) is 14.8. The maximum Gasteiger partial charge on any atom is 0.320 e. The molecular weight excluding hydrogens is 368 g/mol. The van der Waals surface area contributed by atoms with Crippen LogP contribution in [0.3, 0.4) is 0 Å². The van der Waals surface area contributed by atoms with Gasteiger partial charge in [-0.25, -0.2) is 0 Å². The second-order valence-corrected chi connectivity index (χ2v) is 6.75. The van der Waals surface area contributed by atoms with Gasteiger partial charge in [0.15, 0.2) is 0 Å². The zero-order chi connectivity index (χ0) is 14.3. The van der Waals surface area contributed by atoms with Gasteiger partial charge in [-0.2, -0.15) is 0 Å². The van der Waals surface area contributed by atoms with Crippen LogP contribution in [0.5, 0.6) is 0 Å². The second kappa shape index (κ2) is 8.15. The molecule has 0 aromatic rings. The Hall–Kier alpha value is -0.100. The molecule has 0 N–H and O–H groups in total. The molecule has 18 heavy (non-hydrogen) atoms. The van der Waals surface area contributed by atoms with Crippen LogP contribution in [0.25, 0.3) is 0 Å². The molecule has 0 heterocycles. The summed E-state index contributed by atoms with van der Waals surface area (Å²) in [4.78, 5) is 22.4. The van der Waals surface area contributed by atoms with Crippen molar-refractivity contribution in [1.29, 1.82) is 0 Å². The van der Waals surface area contributed by atoms with Gasteiger partial charge in [-0.3, -0.25) is 9.59 Å². The molecule has 2 unspecified atom stereocenters. The summed E-state index contributed by atoms with van der Waals surface area (Å²) in [6, 6.07) is 0. The van der Waals surface area contributed by atoms with E-state index < -0.39 is 5.60 Å². The van der Waals surface area contributed by atoms with E-state index in [1.54, 1.807) is 13.8 Å². The lowest BCUT2D eigenvalue weighted by Gasteiger charge is -2.26. The fourth-order valence-electron chi connectivity index (χ4n) is 1.03. The van der Waals surface area contributed by atoms with Crippen molar-refractivity contribution in [3.8, 4) is 0 Å². The van der Waals surface area contributed by atoms with Crippen molar-refractivity contribution in [1.82, 2.24) is 0 Å². The molecule has 0 aromatic carbocycles. The Kier molecular flexibility index (Phi) is 8.10. The summed E-state index contributed by atoms with van der Waals surface area (Å²) in [7, 11) is 0. The molecule has 0 aliphatic heterocycles. The van der Waals surface area contributed by atoms with Crippen molar-refractivity contribution >= 4 is 43.8 Å². The molecule has 0 saturated carbocycles. The van der Waals surface area contributed by atoms with E-state index in [-0.39, 0.29) is 28.2 Å². The van der Waals surface area contributed by atoms with Crippen LogP contribution in [0.15, 0.2) is 0 Å². The Morgan fingerprint density at radius 3 is 1.94 bits per heavy atom. The summed E-state index contributed by atoms with van der Waals surface area (Å²) in [5, 5.41) is 0. The van der Waals surface area contributed by atoms with Gasteiger partial charge in [0.2, 0.25) is 0 Å². The summed E-state index contributed by atoms with van der Waals surface area (Å²) in [5.41, 5.74) is -0.825. The lowest BCUT2D eigenvalue weighted by Crippen LogP contribution is -2.37. The van der Waals surface area contributed by atoms with Crippen LogP contribution in [0.2, 0.25) is 0 Å². The Morgan fingerprint density at radius 2 is 1.50 bits per heavy atom. The van der Waals surface area contributed by atoms with E-state index in [9.17, 15) is 9.59 Å². The molecule has 2 atom stereocenters. The fourth-order valence-corrected chi connectivity index (χ4v) is 1.26. The molecule has 0 rings (SSSR count). The summed E-state index contributed by atoms with van der Waals surface area (Å²) in [5.74, 6) is -0.683. The average Bonchev–Trinajstić information content (AvgIpc) is 2.33. The number of halogens is 2. The van der Waals surface area contributed by atoms with Gasteiger partial charge in [0.05, 0.1) is 0 Å². The first-order valence-corrected chi connectivity index (χ1v) is 7.74. The van der Waals surface area contributed by atoms with E-state index in [1.807, 2.05) is 13.8 Å². The average molecular weight is 388 g/mol. The van der Waals surface area contributed by atoms with Crippen LogP contribution in [0.4, 0.5) is 0 Å². The molecule has 0 aromatic heterocycles. The van der Waals surface area contributed by atoms with Gasteiger partial charge >= 0.3 is 11.9 Å². The third-order valence-electron chi connectivity index (χ3n) is 2.17. The number of hydrogen-bond acceptors (Lipinski definition) is 4. The summed E-state index contributed by atoms with van der Waals surface area (Å²) >= 11 is 6.42. The minimum Gasteiger partial charge on any atom is -0.461 e. The van der Waals surface area contributed by atoms with E-state index in [1.165, 1.54) is 0 Å². The molecule has 0 amide bonds. The highest BCUT2D eigenvalue weighted by molar-refractivity contribution is 9.10. The summed E-state index contributed by atoms with van der Waals surface area (Å²) in [6.45, 7) is 7.22. The van der Waals surface area contributed by atoms with E-state index in [4.69, 9.17) is 9.47 Å². The van der Waals surface area contributed by atoms with Gasteiger partial charge < -0.3 is 9.47 Å². The van der Waals surface area contributed by atoms with Crippen LogP contribution in [0, 0.1) is 0 Å². The van der Waals surface area contributed by atoms with Crippen molar-refractivity contribution in [3.05, 3.63) is 0 Å². The molecule has 0 aliphatic carbocycles. The highest BCUT2D eigenvalue weighted by Crippen LogP contribution is 2.16. The van der Waals surface area contributed by atoms with E-state index in [0.29, 0.717) is 12.8 Å². The van der Waals surface area contributed by atoms with Crippen molar-refractivity contribution in [2.24, 2.45) is 0 Å². The maximum absolute atomic E-state index is 11.6. The van der Waals surface area contributed by atoms with Gasteiger partial charge in [0.25, 0.3) is 0 Å². The monoisotopic (exact) mass is 386 g/mol. The predicted molar refractivity (Wildman–Crippen MR) is 77.1 cm³/mol. The van der Waals surface area contributed by atoms with Gasteiger partial charge in [-0.1, -0.05) is 45.7 Å². The van der Waals surface area contributed by atoms with Crippen LogP contribution < -0.4 is 0 Å². The number of alkyl halides is 2. The molecule has 0 spiro atoms. The van der Waals surface area contributed by atoms with Crippen LogP contribution in [-0.4, -0.2) is 33.8 Å². The Morgan fingerprint density at radius 1 is 1.06 bits per heavy atom. The third kappa shape index (κ3) is 6.73. The van der Waals surface area contributed by atoms with Gasteiger partial charge in [-0.05, 0) is 26.7 Å². The van der Waals surface area contributed by atoms with E-state index in [2.05, 4.69) is 31.9 Å². The molecule has 106 valence electrons. The Balaban J connectivity index is 4.23. The minimum absolute atomic E-state index is 0.0447. The van der Waals surface area contributed by atoms with Crippen LogP contribution in [0.1, 0.15) is 40.5 Å². The Labute approximate surface area is 125 Å². The van der Waals surface area contributed by atoms with E-state index >= 15 is 0 Å². The third-order valence-corrected chi connectivity index (χ3v) is 4.21. The zero-order valence-corrected chi connectivity index (χ0v) is 14.3. The lowest BCUT2D eigenvalue weighted by molar-refractivity contribution is -0.167. The maximum atomic E-state index is 11.6. The first kappa shape index (κ1) is 17.9. The molecule has 0 bridgehead atoms. The number of esters is 2. The molecule has 4 nitrogen and oxygen atoms in total. The lowest BCUT2D eigenvalue weighted by atomic mass is 10.1. The minimum atomic E-state index is -0.825. The van der Waals surface area contributed by atoms with Crippen LogP contribution in [-0.2, 0) is 19.1 Å². The van der Waals surface area contributed by atoms with Crippen molar-refractivity contribution < 1.29 is 19.1 Å². The number of ether oxygens (including phenoxy) is 2. The fraction of sp³-hybridized carbons (Fsp3) is 0.833. The number of carbonyl (C=O) groups excluding carboxylic acids is 2. The van der Waals surface area contributed by atoms with Crippen molar-refractivity contribution in [2.75, 3.05) is 6.61 Å². The smallest absolute Gasteiger partial charge is 0.320 e. The number of hydrogen-bond donors (Lipinski definition) is 0. The first-order valence-electron chi connectivity index (χ1n) is 5.91. The molecule has 0 fully saturated rings. The molecule has 0 saturated heterocycles. The molecular formula is C12H20Br2O4. The standard InChI is InChI=1S/C12H20Br2O4/c1-5-8(13)10(15)17-7-12(3,4)18-11(16)9(14)6-2/h8-9H,5-7H2,1-4H3. The topological polar surface area (TPSA) is 52.6 Å². The molecule has 6 heteroatoms. The second-order valence-electron chi connectivity index (χ2n) is 4.54. The molecule has 0 aliphatic rings. The van der Waals surface area contributed by atoms with Gasteiger partial charge in [0, 0.05) is 0 Å². The number of rotatable bonds is 7. The zero-order valence-electron chi connectivity index (χ0n) is 11.2. The molecule has 0 radical (unpaired) electrons. The highest BCUT2D eigenvalue weighted by atomic mass is 79.9. The highest BCUT2D eigenvalue weighted by Gasteiger charge is 2.28. The Bertz CT molecular complexity index is 292. The first-order chi connectivity index (χ1) is 8.23. The van der Waals surface area contributed by atoms with Gasteiger partial charge in [0.1, 0.15) is 21.9 Å². The predicted octanol–water partition coefficient (Wildman–Crippen LogP) is 3.20. The van der Waals surface area contributed by atoms with Crippen LogP contribution >= 0.6 is 31.9 Å². The van der Waals surface area contributed by atoms with Gasteiger partial charge in [-0.15, -0.1) is 0 Å². The quantitative estimate of drug-likeness (QED) is 0.497. The largest absolute Gasteiger partial charge is 0.461 e. The summed E-state index contributed by atoms with van der Waals surface area (Å²) in [6.07, 6.45) is 1.30.